The van der Waals surface area contributed by atoms with E-state index in [0.717, 1.165) is 12.1 Å². The van der Waals surface area contributed by atoms with Gasteiger partial charge in [0.05, 0.1) is 5.69 Å². The number of nitrogen functional groups attached to an aromatic ring is 1. The number of hydrogen-bond acceptors (Lipinski definition) is 5. The minimum absolute atomic E-state index is 0.0746. The van der Waals surface area contributed by atoms with Crippen molar-refractivity contribution in [3.05, 3.63) is 23.8 Å². The van der Waals surface area contributed by atoms with E-state index >= 15 is 0 Å². The van der Waals surface area contributed by atoms with Crippen LogP contribution in [0, 0.1) is 0 Å². The first-order valence-corrected chi connectivity index (χ1v) is 7.45. The third-order valence-corrected chi connectivity index (χ3v) is 3.70. The van der Waals surface area contributed by atoms with E-state index in [1.165, 1.54) is 6.07 Å². The molecule has 0 aromatic heterocycles. The number of amides is 3. The van der Waals surface area contributed by atoms with Crippen molar-refractivity contribution in [3.63, 3.8) is 0 Å². The predicted octanol–water partition coefficient (Wildman–Crippen LogP) is 0.154. The van der Waals surface area contributed by atoms with Gasteiger partial charge in [0.1, 0.15) is 4.90 Å². The van der Waals surface area contributed by atoms with Gasteiger partial charge in [-0.15, -0.1) is 0 Å². The van der Waals surface area contributed by atoms with E-state index in [9.17, 15) is 18.0 Å². The lowest BCUT2D eigenvalue weighted by Gasteiger charge is -2.20. The monoisotopic (exact) mass is 314 g/mol. The van der Waals surface area contributed by atoms with Gasteiger partial charge in [0.2, 0.25) is 5.91 Å². The van der Waals surface area contributed by atoms with Crippen LogP contribution in [-0.2, 0) is 10.0 Å². The first kappa shape index (κ1) is 16.8. The van der Waals surface area contributed by atoms with Crippen molar-refractivity contribution in [2.75, 3.05) is 5.73 Å². The molecule has 0 radical (unpaired) electrons. The first-order chi connectivity index (χ1) is 9.42. The topological polar surface area (TPSA) is 144 Å². The van der Waals surface area contributed by atoms with Crippen LogP contribution in [0.3, 0.4) is 0 Å². The Morgan fingerprint density at radius 3 is 2.19 bits per heavy atom. The Labute approximate surface area is 122 Å². The van der Waals surface area contributed by atoms with E-state index in [1.54, 1.807) is 20.8 Å². The van der Waals surface area contributed by atoms with Crippen LogP contribution in [0.2, 0.25) is 0 Å². The van der Waals surface area contributed by atoms with Crippen molar-refractivity contribution in [2.45, 2.75) is 31.2 Å². The maximum Gasteiger partial charge on any atom is 0.329 e. The Morgan fingerprint density at radius 1 is 1.19 bits per heavy atom. The van der Waals surface area contributed by atoms with Gasteiger partial charge in [-0.1, -0.05) is 0 Å². The molecule has 9 heteroatoms. The van der Waals surface area contributed by atoms with Crippen LogP contribution in [0.25, 0.3) is 0 Å². The van der Waals surface area contributed by atoms with Gasteiger partial charge in [-0.2, -0.15) is 0 Å². The molecule has 0 aliphatic rings. The Morgan fingerprint density at radius 2 is 1.76 bits per heavy atom. The minimum atomic E-state index is -4.14. The number of rotatable bonds is 3. The number of nitrogens with one attached hydrogen (secondary N) is 2. The van der Waals surface area contributed by atoms with Crippen molar-refractivity contribution in [1.29, 1.82) is 0 Å². The van der Waals surface area contributed by atoms with Gasteiger partial charge in [0, 0.05) is 11.1 Å². The normalized spacial score (nSPS) is 11.8. The van der Waals surface area contributed by atoms with Crippen LogP contribution in [0.5, 0.6) is 0 Å². The fraction of sp³-hybridized carbons (Fsp3) is 0.333. The molecule has 116 valence electrons. The molecule has 0 spiro atoms. The van der Waals surface area contributed by atoms with Gasteiger partial charge in [0.25, 0.3) is 10.0 Å². The van der Waals surface area contributed by atoms with E-state index < -0.39 is 27.5 Å². The molecule has 1 aromatic rings. The number of sulfonamides is 1. The summed E-state index contributed by atoms with van der Waals surface area (Å²) in [5.74, 6) is -0.732. The number of primary amides is 1. The molecule has 0 saturated heterocycles. The van der Waals surface area contributed by atoms with E-state index in [-0.39, 0.29) is 16.1 Å². The van der Waals surface area contributed by atoms with Crippen LogP contribution in [-0.4, -0.2) is 25.9 Å². The zero-order chi connectivity index (χ0) is 16.4. The van der Waals surface area contributed by atoms with Gasteiger partial charge < -0.3 is 16.8 Å². The quantitative estimate of drug-likeness (QED) is 0.587. The molecule has 0 fully saturated rings. The molecule has 1 rings (SSSR count). The number of carbonyl (C=O) groups excluding carboxylic acids is 2. The lowest BCUT2D eigenvalue weighted by Crippen LogP contribution is -2.48. The number of nitrogens with two attached hydrogens (primary N) is 2. The van der Waals surface area contributed by atoms with Crippen molar-refractivity contribution in [2.24, 2.45) is 5.73 Å². The fourth-order valence-electron chi connectivity index (χ4n) is 1.49. The molecule has 3 amide bonds. The first-order valence-electron chi connectivity index (χ1n) is 5.97. The van der Waals surface area contributed by atoms with E-state index in [2.05, 4.69) is 5.32 Å². The lowest BCUT2D eigenvalue weighted by molar-refractivity contribution is 0.1000. The van der Waals surface area contributed by atoms with Gasteiger partial charge in [-0.05, 0) is 39.0 Å². The van der Waals surface area contributed by atoms with Crippen LogP contribution in [0.4, 0.5) is 10.5 Å². The van der Waals surface area contributed by atoms with Crippen LogP contribution in [0.15, 0.2) is 23.1 Å². The highest BCUT2D eigenvalue weighted by atomic mass is 32.2. The molecule has 8 nitrogen and oxygen atoms in total. The summed E-state index contributed by atoms with van der Waals surface area (Å²) in [6, 6.07) is 2.59. The third kappa shape index (κ3) is 4.63. The molecule has 0 heterocycles. The maximum absolute atomic E-state index is 12.1. The van der Waals surface area contributed by atoms with Crippen LogP contribution in [0.1, 0.15) is 31.1 Å². The summed E-state index contributed by atoms with van der Waals surface area (Å²) in [4.78, 5) is 22.3. The van der Waals surface area contributed by atoms with E-state index in [0.29, 0.717) is 0 Å². The lowest BCUT2D eigenvalue weighted by atomic mass is 10.1. The second-order valence-electron chi connectivity index (χ2n) is 5.43. The van der Waals surface area contributed by atoms with E-state index in [4.69, 9.17) is 11.5 Å². The minimum Gasteiger partial charge on any atom is -0.398 e. The fourth-order valence-corrected chi connectivity index (χ4v) is 2.51. The Balaban J connectivity index is 3.04. The largest absolute Gasteiger partial charge is 0.398 e. The number of benzene rings is 1. The summed E-state index contributed by atoms with van der Waals surface area (Å²) in [6.45, 7) is 5.11. The SMILES string of the molecule is CC(C)(C)NC(=O)NS(=O)(=O)c1ccc(C(N)=O)cc1N. The number of anilines is 1. The average molecular weight is 314 g/mol. The molecule has 0 saturated carbocycles. The molecular formula is C12H18N4O4S. The summed E-state index contributed by atoms with van der Waals surface area (Å²) in [5, 5.41) is 2.45. The number of carbonyl (C=O) groups is 2. The molecule has 1 aromatic carbocycles. The third-order valence-electron chi connectivity index (χ3n) is 2.30. The standard InChI is InChI=1S/C12H18N4O4S/c1-12(2,3)15-11(18)16-21(19,20)9-5-4-7(10(14)17)6-8(9)13/h4-6H,13H2,1-3H3,(H2,14,17)(H2,15,16,18). The summed E-state index contributed by atoms with van der Waals surface area (Å²) >= 11 is 0. The van der Waals surface area contributed by atoms with E-state index in [1.807, 2.05) is 4.72 Å². The van der Waals surface area contributed by atoms with Gasteiger partial charge in [0.15, 0.2) is 0 Å². The van der Waals surface area contributed by atoms with Crippen molar-refractivity contribution >= 4 is 27.6 Å². The molecular weight excluding hydrogens is 296 g/mol. The molecule has 0 unspecified atom stereocenters. The Bertz CT molecular complexity index is 677. The second kappa shape index (κ2) is 5.60. The number of hydrogen-bond donors (Lipinski definition) is 4. The summed E-state index contributed by atoms with van der Waals surface area (Å²) < 4.78 is 26.0. The highest BCUT2D eigenvalue weighted by Crippen LogP contribution is 2.19. The molecule has 21 heavy (non-hydrogen) atoms. The van der Waals surface area contributed by atoms with Crippen molar-refractivity contribution in [1.82, 2.24) is 10.0 Å². The average Bonchev–Trinajstić information content (AvgIpc) is 2.24. The van der Waals surface area contributed by atoms with Crippen molar-refractivity contribution < 1.29 is 18.0 Å². The highest BCUT2D eigenvalue weighted by Gasteiger charge is 2.23. The van der Waals surface area contributed by atoms with Crippen LogP contribution < -0.4 is 21.5 Å². The molecule has 0 bridgehead atoms. The summed E-state index contributed by atoms with van der Waals surface area (Å²) in [6.07, 6.45) is 0. The van der Waals surface area contributed by atoms with Crippen LogP contribution >= 0.6 is 0 Å². The second-order valence-corrected chi connectivity index (χ2v) is 7.08. The highest BCUT2D eigenvalue weighted by molar-refractivity contribution is 7.90. The predicted molar refractivity (Wildman–Crippen MR) is 78.0 cm³/mol. The molecule has 0 aliphatic carbocycles. The van der Waals surface area contributed by atoms with Gasteiger partial charge in [-0.25, -0.2) is 17.9 Å². The molecule has 0 atom stereocenters. The Hall–Kier alpha value is -2.29. The summed E-state index contributed by atoms with van der Waals surface area (Å²) in [5.41, 5.74) is 9.96. The van der Waals surface area contributed by atoms with Gasteiger partial charge in [-0.3, -0.25) is 4.79 Å². The number of urea groups is 1. The zero-order valence-corrected chi connectivity index (χ0v) is 12.7. The smallest absolute Gasteiger partial charge is 0.329 e. The molecule has 6 N–H and O–H groups in total. The van der Waals surface area contributed by atoms with Gasteiger partial charge >= 0.3 is 6.03 Å². The zero-order valence-electron chi connectivity index (χ0n) is 11.9. The molecule has 0 aliphatic heterocycles. The van der Waals surface area contributed by atoms with Crippen molar-refractivity contribution in [3.8, 4) is 0 Å². The maximum atomic E-state index is 12.1. The summed E-state index contributed by atoms with van der Waals surface area (Å²) in [7, 11) is -4.14. The Kier molecular flexibility index (Phi) is 4.47.